The quantitative estimate of drug-likeness (QED) is 0.514. The van der Waals surface area contributed by atoms with Crippen LogP contribution in [0.15, 0.2) is 36.4 Å². The Labute approximate surface area is 128 Å². The Hall–Kier alpha value is -3.13. The van der Waals surface area contributed by atoms with Crippen LogP contribution in [0.1, 0.15) is 11.1 Å². The lowest BCUT2D eigenvalue weighted by molar-refractivity contribution is 0.355. The van der Waals surface area contributed by atoms with E-state index in [1.54, 1.807) is 30.3 Å². The fourth-order valence-electron chi connectivity index (χ4n) is 1.98. The number of ether oxygens (including phenoxy) is 2. The van der Waals surface area contributed by atoms with Gasteiger partial charge in [0, 0.05) is 0 Å². The molecule has 0 aliphatic rings. The smallest absolute Gasteiger partial charge is 0.161 e. The van der Waals surface area contributed by atoms with Crippen molar-refractivity contribution >= 4 is 11.6 Å². The van der Waals surface area contributed by atoms with E-state index in [1.165, 1.54) is 26.4 Å². The highest BCUT2D eigenvalue weighted by Crippen LogP contribution is 2.32. The molecular formula is C17H15NO4. The van der Waals surface area contributed by atoms with Gasteiger partial charge >= 0.3 is 0 Å². The average molecular weight is 297 g/mol. The van der Waals surface area contributed by atoms with Crippen molar-refractivity contribution in [2.45, 2.75) is 0 Å². The molecule has 0 radical (unpaired) electrons. The second-order valence-corrected chi connectivity index (χ2v) is 4.49. The van der Waals surface area contributed by atoms with Crippen LogP contribution >= 0.6 is 0 Å². The van der Waals surface area contributed by atoms with E-state index in [1.807, 2.05) is 0 Å². The molecule has 0 saturated carbocycles. The van der Waals surface area contributed by atoms with E-state index in [0.717, 1.165) is 0 Å². The topological polar surface area (TPSA) is 82.7 Å². The number of aromatic hydroxyl groups is 2. The zero-order valence-electron chi connectivity index (χ0n) is 12.2. The Bertz CT molecular complexity index is 760. The minimum atomic E-state index is -0.238. The number of phenolic OH excluding ortho intramolecular Hbond substituents is 2. The minimum Gasteiger partial charge on any atom is -0.504 e. The highest BCUT2D eigenvalue weighted by atomic mass is 16.5. The maximum absolute atomic E-state index is 9.51. The van der Waals surface area contributed by atoms with Crippen LogP contribution in [-0.4, -0.2) is 24.4 Å². The molecule has 5 heteroatoms. The molecule has 5 nitrogen and oxygen atoms in total. The number of allylic oxidation sites excluding steroid dienone is 1. The number of hydrogen-bond acceptors (Lipinski definition) is 5. The first-order valence-corrected chi connectivity index (χ1v) is 6.45. The number of hydrogen-bond donors (Lipinski definition) is 2. The van der Waals surface area contributed by atoms with Gasteiger partial charge in [-0.3, -0.25) is 0 Å². The van der Waals surface area contributed by atoms with Gasteiger partial charge in [0.25, 0.3) is 0 Å². The van der Waals surface area contributed by atoms with Crippen LogP contribution in [0.2, 0.25) is 0 Å². The Balaban J connectivity index is 2.45. The van der Waals surface area contributed by atoms with Gasteiger partial charge in [0.15, 0.2) is 23.0 Å². The summed E-state index contributed by atoms with van der Waals surface area (Å²) in [4.78, 5) is 0. The molecule has 0 bridgehead atoms. The normalized spacial score (nSPS) is 10.9. The number of rotatable bonds is 4. The van der Waals surface area contributed by atoms with Crippen molar-refractivity contribution in [3.05, 3.63) is 47.5 Å². The number of nitriles is 1. The molecule has 0 aromatic heterocycles. The fourth-order valence-corrected chi connectivity index (χ4v) is 1.98. The summed E-state index contributed by atoms with van der Waals surface area (Å²) in [6, 6.07) is 11.6. The molecule has 0 atom stereocenters. The maximum atomic E-state index is 9.51. The maximum Gasteiger partial charge on any atom is 0.161 e. The predicted molar refractivity (Wildman–Crippen MR) is 82.8 cm³/mol. The molecule has 0 unspecified atom stereocenters. The molecule has 0 spiro atoms. The SMILES string of the molecule is COc1ccc(C(C#N)=Cc2ccc(O)c(O)c2)cc1OC. The summed E-state index contributed by atoms with van der Waals surface area (Å²) < 4.78 is 10.4. The number of methoxy groups -OCH3 is 2. The zero-order valence-corrected chi connectivity index (χ0v) is 12.2. The summed E-state index contributed by atoms with van der Waals surface area (Å²) in [6.45, 7) is 0. The van der Waals surface area contributed by atoms with Crippen molar-refractivity contribution in [2.75, 3.05) is 14.2 Å². The third-order valence-corrected chi connectivity index (χ3v) is 3.13. The summed E-state index contributed by atoms with van der Waals surface area (Å²) in [7, 11) is 3.06. The third-order valence-electron chi connectivity index (χ3n) is 3.13. The first-order chi connectivity index (χ1) is 10.6. The van der Waals surface area contributed by atoms with E-state index in [0.29, 0.717) is 28.2 Å². The Morgan fingerprint density at radius 1 is 1.00 bits per heavy atom. The van der Waals surface area contributed by atoms with Crippen molar-refractivity contribution in [2.24, 2.45) is 0 Å². The van der Waals surface area contributed by atoms with Crippen LogP contribution in [0.5, 0.6) is 23.0 Å². The second kappa shape index (κ2) is 6.55. The largest absolute Gasteiger partial charge is 0.504 e. The van der Waals surface area contributed by atoms with Gasteiger partial charge in [0.2, 0.25) is 0 Å². The van der Waals surface area contributed by atoms with Gasteiger partial charge < -0.3 is 19.7 Å². The Morgan fingerprint density at radius 3 is 2.32 bits per heavy atom. The van der Waals surface area contributed by atoms with Crippen LogP contribution in [0, 0.1) is 11.3 Å². The Morgan fingerprint density at radius 2 is 1.73 bits per heavy atom. The lowest BCUT2D eigenvalue weighted by atomic mass is 10.0. The Kier molecular flexibility index (Phi) is 4.54. The molecule has 2 aromatic carbocycles. The molecule has 0 amide bonds. The molecule has 0 aliphatic heterocycles. The van der Waals surface area contributed by atoms with Crippen LogP contribution in [0.4, 0.5) is 0 Å². The molecule has 2 N–H and O–H groups in total. The molecule has 0 fully saturated rings. The molecule has 2 aromatic rings. The zero-order chi connectivity index (χ0) is 16.1. The van der Waals surface area contributed by atoms with Gasteiger partial charge in [0.05, 0.1) is 25.9 Å². The van der Waals surface area contributed by atoms with Crippen molar-refractivity contribution in [3.8, 4) is 29.1 Å². The van der Waals surface area contributed by atoms with Crippen molar-refractivity contribution in [3.63, 3.8) is 0 Å². The van der Waals surface area contributed by atoms with E-state index in [4.69, 9.17) is 9.47 Å². The first kappa shape index (κ1) is 15.3. The highest BCUT2D eigenvalue weighted by Gasteiger charge is 2.08. The van der Waals surface area contributed by atoms with Gasteiger partial charge in [-0.05, 0) is 47.5 Å². The van der Waals surface area contributed by atoms with Crippen LogP contribution in [0.25, 0.3) is 11.6 Å². The third kappa shape index (κ3) is 3.13. The summed E-state index contributed by atoms with van der Waals surface area (Å²) >= 11 is 0. The molecule has 0 saturated heterocycles. The fraction of sp³-hybridized carbons (Fsp3) is 0.118. The number of benzene rings is 2. The summed E-state index contributed by atoms with van der Waals surface area (Å²) in [5.74, 6) is 0.653. The van der Waals surface area contributed by atoms with E-state index in [2.05, 4.69) is 6.07 Å². The van der Waals surface area contributed by atoms with E-state index in [-0.39, 0.29) is 11.5 Å². The van der Waals surface area contributed by atoms with Gasteiger partial charge in [0.1, 0.15) is 0 Å². The molecule has 22 heavy (non-hydrogen) atoms. The first-order valence-electron chi connectivity index (χ1n) is 6.45. The summed E-state index contributed by atoms with van der Waals surface area (Å²) in [5, 5.41) is 28.2. The molecule has 0 heterocycles. The average Bonchev–Trinajstić information content (AvgIpc) is 2.55. The molecular weight excluding hydrogens is 282 g/mol. The minimum absolute atomic E-state index is 0.207. The van der Waals surface area contributed by atoms with Gasteiger partial charge in [-0.1, -0.05) is 6.07 Å². The lowest BCUT2D eigenvalue weighted by Crippen LogP contribution is -1.92. The van der Waals surface area contributed by atoms with E-state index >= 15 is 0 Å². The summed E-state index contributed by atoms with van der Waals surface area (Å²) in [5.41, 5.74) is 1.65. The number of phenols is 2. The van der Waals surface area contributed by atoms with Crippen LogP contribution in [0.3, 0.4) is 0 Å². The van der Waals surface area contributed by atoms with E-state index in [9.17, 15) is 15.5 Å². The molecule has 2 rings (SSSR count). The van der Waals surface area contributed by atoms with Crippen molar-refractivity contribution in [1.82, 2.24) is 0 Å². The second-order valence-electron chi connectivity index (χ2n) is 4.49. The molecule has 0 aliphatic carbocycles. The standard InChI is InChI=1S/C17H15NO4/c1-21-16-6-4-12(9-17(16)22-2)13(10-18)7-11-3-5-14(19)15(20)8-11/h3-9,19-20H,1-2H3. The van der Waals surface area contributed by atoms with Crippen molar-refractivity contribution < 1.29 is 19.7 Å². The van der Waals surface area contributed by atoms with Gasteiger partial charge in [-0.15, -0.1) is 0 Å². The van der Waals surface area contributed by atoms with Crippen molar-refractivity contribution in [1.29, 1.82) is 5.26 Å². The van der Waals surface area contributed by atoms with Crippen LogP contribution < -0.4 is 9.47 Å². The summed E-state index contributed by atoms with van der Waals surface area (Å²) in [6.07, 6.45) is 1.61. The predicted octanol–water partition coefficient (Wildman–Crippen LogP) is 3.18. The lowest BCUT2D eigenvalue weighted by Gasteiger charge is -2.09. The monoisotopic (exact) mass is 297 g/mol. The van der Waals surface area contributed by atoms with E-state index < -0.39 is 0 Å². The van der Waals surface area contributed by atoms with Gasteiger partial charge in [-0.25, -0.2) is 0 Å². The highest BCUT2D eigenvalue weighted by molar-refractivity contribution is 5.90. The van der Waals surface area contributed by atoms with Gasteiger partial charge in [-0.2, -0.15) is 5.26 Å². The van der Waals surface area contributed by atoms with Crippen LogP contribution in [-0.2, 0) is 0 Å². The number of nitrogens with zero attached hydrogens (tertiary/aromatic N) is 1. The molecule has 112 valence electrons.